The minimum absolute atomic E-state index is 0.158. The topological polar surface area (TPSA) is 46.3 Å². The number of hydrogen-bond donors (Lipinski definition) is 1. The van der Waals surface area contributed by atoms with E-state index in [1.807, 2.05) is 30.0 Å². The summed E-state index contributed by atoms with van der Waals surface area (Å²) in [7, 11) is 0. The summed E-state index contributed by atoms with van der Waals surface area (Å²) in [5, 5.41) is 0. The van der Waals surface area contributed by atoms with Gasteiger partial charge in [-0.25, -0.2) is 0 Å². The lowest BCUT2D eigenvalue weighted by atomic mass is 9.68. The Hall–Kier alpha value is -1.51. The van der Waals surface area contributed by atoms with Crippen molar-refractivity contribution >= 4 is 11.6 Å². The average Bonchev–Trinajstić information content (AvgIpc) is 2.51. The summed E-state index contributed by atoms with van der Waals surface area (Å²) in [4.78, 5) is 14.7. The summed E-state index contributed by atoms with van der Waals surface area (Å²) in [6.07, 6.45) is 9.25. The highest BCUT2D eigenvalue weighted by Crippen LogP contribution is 2.44. The van der Waals surface area contributed by atoms with Gasteiger partial charge in [-0.1, -0.05) is 25.3 Å². The molecule has 3 nitrogen and oxygen atoms in total. The number of nitrogens with zero attached hydrogens (tertiary/aromatic N) is 1. The van der Waals surface area contributed by atoms with Crippen LogP contribution in [0.5, 0.6) is 0 Å². The first-order valence-corrected chi connectivity index (χ1v) is 8.26. The van der Waals surface area contributed by atoms with E-state index in [0.717, 1.165) is 24.2 Å². The number of amides is 1. The number of nitrogen functional groups attached to an aromatic ring is 1. The van der Waals surface area contributed by atoms with Crippen molar-refractivity contribution in [3.63, 3.8) is 0 Å². The number of piperidine rings is 1. The van der Waals surface area contributed by atoms with Gasteiger partial charge >= 0.3 is 0 Å². The third-order valence-corrected chi connectivity index (χ3v) is 5.63. The molecule has 2 fully saturated rings. The average molecular weight is 286 g/mol. The molecule has 1 amide bonds. The Morgan fingerprint density at radius 1 is 1.10 bits per heavy atom. The first kappa shape index (κ1) is 14.4. The van der Waals surface area contributed by atoms with E-state index in [0.29, 0.717) is 11.1 Å². The van der Waals surface area contributed by atoms with E-state index in [1.165, 1.54) is 44.9 Å². The van der Waals surface area contributed by atoms with Crippen LogP contribution in [0.2, 0.25) is 0 Å². The first-order valence-electron chi connectivity index (χ1n) is 8.26. The van der Waals surface area contributed by atoms with Crippen molar-refractivity contribution in [1.82, 2.24) is 4.90 Å². The van der Waals surface area contributed by atoms with E-state index in [-0.39, 0.29) is 5.91 Å². The highest BCUT2D eigenvalue weighted by Gasteiger charge is 2.36. The lowest BCUT2D eigenvalue weighted by Crippen LogP contribution is -2.44. The van der Waals surface area contributed by atoms with Gasteiger partial charge in [-0.05, 0) is 55.7 Å². The van der Waals surface area contributed by atoms with Crippen molar-refractivity contribution in [3.8, 4) is 0 Å². The highest BCUT2D eigenvalue weighted by molar-refractivity contribution is 5.97. The Balaban J connectivity index is 1.69. The van der Waals surface area contributed by atoms with E-state index < -0.39 is 0 Å². The molecule has 1 aromatic rings. The number of hydrogen-bond acceptors (Lipinski definition) is 2. The Labute approximate surface area is 127 Å². The highest BCUT2D eigenvalue weighted by atomic mass is 16.2. The molecule has 1 heterocycles. The van der Waals surface area contributed by atoms with Gasteiger partial charge in [0.05, 0.1) is 0 Å². The summed E-state index contributed by atoms with van der Waals surface area (Å²) in [5.41, 5.74) is 8.87. The van der Waals surface area contributed by atoms with E-state index in [4.69, 9.17) is 5.73 Å². The Morgan fingerprint density at radius 3 is 2.43 bits per heavy atom. The van der Waals surface area contributed by atoms with Gasteiger partial charge in [-0.15, -0.1) is 0 Å². The van der Waals surface area contributed by atoms with Gasteiger partial charge < -0.3 is 10.6 Å². The SMILES string of the molecule is Cc1c(N)cccc1C(=O)N1CCC2(CCCCC2)CC1. The minimum atomic E-state index is 0.158. The predicted molar refractivity (Wildman–Crippen MR) is 86.2 cm³/mol. The quantitative estimate of drug-likeness (QED) is 0.799. The lowest BCUT2D eigenvalue weighted by molar-refractivity contribution is 0.0471. The van der Waals surface area contributed by atoms with E-state index in [1.54, 1.807) is 0 Å². The van der Waals surface area contributed by atoms with Crippen molar-refractivity contribution in [1.29, 1.82) is 0 Å². The molecule has 0 unspecified atom stereocenters. The normalized spacial score (nSPS) is 21.5. The summed E-state index contributed by atoms with van der Waals surface area (Å²) in [6.45, 7) is 3.76. The van der Waals surface area contributed by atoms with Crippen LogP contribution in [0.25, 0.3) is 0 Å². The van der Waals surface area contributed by atoms with Crippen LogP contribution in [0, 0.1) is 12.3 Å². The Bertz CT molecular complexity index is 522. The van der Waals surface area contributed by atoms with Gasteiger partial charge in [0.25, 0.3) is 5.91 Å². The monoisotopic (exact) mass is 286 g/mol. The smallest absolute Gasteiger partial charge is 0.254 e. The second-order valence-electron chi connectivity index (χ2n) is 6.87. The van der Waals surface area contributed by atoms with E-state index in [2.05, 4.69) is 0 Å². The molecule has 1 aliphatic heterocycles. The van der Waals surface area contributed by atoms with E-state index >= 15 is 0 Å². The van der Waals surface area contributed by atoms with Crippen LogP contribution in [0.15, 0.2) is 18.2 Å². The van der Waals surface area contributed by atoms with Gasteiger partial charge in [0.2, 0.25) is 0 Å². The number of carbonyl (C=O) groups excluding carboxylic acids is 1. The molecule has 1 saturated heterocycles. The van der Waals surface area contributed by atoms with Gasteiger partial charge in [0.1, 0.15) is 0 Å². The lowest BCUT2D eigenvalue weighted by Gasteiger charge is -2.44. The Kier molecular flexibility index (Phi) is 3.92. The third-order valence-electron chi connectivity index (χ3n) is 5.63. The van der Waals surface area contributed by atoms with Crippen LogP contribution < -0.4 is 5.73 Å². The van der Waals surface area contributed by atoms with Gasteiger partial charge in [-0.3, -0.25) is 4.79 Å². The number of likely N-dealkylation sites (tertiary alicyclic amines) is 1. The van der Waals surface area contributed by atoms with Gasteiger partial charge in [0, 0.05) is 24.3 Å². The molecule has 3 heteroatoms. The zero-order valence-electron chi connectivity index (χ0n) is 13.0. The maximum absolute atomic E-state index is 12.7. The molecule has 3 rings (SSSR count). The van der Waals surface area contributed by atoms with Crippen LogP contribution >= 0.6 is 0 Å². The van der Waals surface area contributed by atoms with Crippen molar-refractivity contribution in [2.75, 3.05) is 18.8 Å². The number of carbonyl (C=O) groups is 1. The molecule has 1 aromatic carbocycles. The summed E-state index contributed by atoms with van der Waals surface area (Å²) < 4.78 is 0. The van der Waals surface area contributed by atoms with Crippen molar-refractivity contribution in [3.05, 3.63) is 29.3 Å². The fourth-order valence-electron chi connectivity index (χ4n) is 4.04. The predicted octanol–water partition coefficient (Wildman–Crippen LogP) is 3.76. The standard InChI is InChI=1S/C18H26N2O/c1-14-15(6-5-7-16(14)19)17(21)20-12-10-18(11-13-20)8-3-2-4-9-18/h5-7H,2-4,8-13,19H2,1H3. The van der Waals surface area contributed by atoms with Crippen molar-refractivity contribution < 1.29 is 4.79 Å². The maximum atomic E-state index is 12.7. The molecule has 2 aliphatic rings. The fraction of sp³-hybridized carbons (Fsp3) is 0.611. The minimum Gasteiger partial charge on any atom is -0.398 e. The Morgan fingerprint density at radius 2 is 1.76 bits per heavy atom. The number of benzene rings is 1. The second kappa shape index (κ2) is 5.70. The summed E-state index contributed by atoms with van der Waals surface area (Å²) in [5.74, 6) is 0.158. The molecule has 2 N–H and O–H groups in total. The molecular weight excluding hydrogens is 260 g/mol. The molecule has 1 aliphatic carbocycles. The van der Waals surface area contributed by atoms with Crippen LogP contribution in [0.1, 0.15) is 60.9 Å². The zero-order chi connectivity index (χ0) is 14.9. The molecule has 21 heavy (non-hydrogen) atoms. The van der Waals surface area contributed by atoms with Gasteiger partial charge in [-0.2, -0.15) is 0 Å². The van der Waals surface area contributed by atoms with Crippen LogP contribution in [0.4, 0.5) is 5.69 Å². The molecule has 1 saturated carbocycles. The molecule has 0 radical (unpaired) electrons. The molecule has 0 bridgehead atoms. The maximum Gasteiger partial charge on any atom is 0.254 e. The molecule has 114 valence electrons. The number of nitrogens with two attached hydrogens (primary N) is 1. The third kappa shape index (κ3) is 2.78. The van der Waals surface area contributed by atoms with Gasteiger partial charge in [0.15, 0.2) is 0 Å². The van der Waals surface area contributed by atoms with Crippen molar-refractivity contribution in [2.45, 2.75) is 51.9 Å². The van der Waals surface area contributed by atoms with Crippen LogP contribution in [0.3, 0.4) is 0 Å². The summed E-state index contributed by atoms with van der Waals surface area (Å²) in [6, 6.07) is 5.64. The molecule has 0 aromatic heterocycles. The van der Waals surface area contributed by atoms with Crippen LogP contribution in [-0.4, -0.2) is 23.9 Å². The van der Waals surface area contributed by atoms with Crippen LogP contribution in [-0.2, 0) is 0 Å². The fourth-order valence-corrected chi connectivity index (χ4v) is 4.04. The molecule has 0 atom stereocenters. The second-order valence-corrected chi connectivity index (χ2v) is 6.87. The summed E-state index contributed by atoms with van der Waals surface area (Å²) >= 11 is 0. The zero-order valence-corrected chi connectivity index (χ0v) is 13.0. The van der Waals surface area contributed by atoms with E-state index in [9.17, 15) is 4.79 Å². The largest absolute Gasteiger partial charge is 0.398 e. The number of rotatable bonds is 1. The number of anilines is 1. The molecule has 1 spiro atoms. The first-order chi connectivity index (χ1) is 10.1. The molecular formula is C18H26N2O. The van der Waals surface area contributed by atoms with Crippen molar-refractivity contribution in [2.24, 2.45) is 5.41 Å².